The highest BCUT2D eigenvalue weighted by Gasteiger charge is 2.21. The summed E-state index contributed by atoms with van der Waals surface area (Å²) in [5, 5.41) is 4.77. The van der Waals surface area contributed by atoms with Gasteiger partial charge in [-0.15, -0.1) is 0 Å². The molecule has 0 saturated heterocycles. The minimum Gasteiger partial charge on any atom is -0.231 e. The van der Waals surface area contributed by atoms with E-state index in [1.54, 1.807) is 0 Å². The molecule has 0 atom stereocenters. The second kappa shape index (κ2) is 8.32. The van der Waals surface area contributed by atoms with Crippen LogP contribution in [0.15, 0.2) is 65.7 Å². The van der Waals surface area contributed by atoms with Gasteiger partial charge in [0.25, 0.3) is 0 Å². The normalized spacial score (nSPS) is 14.3. The van der Waals surface area contributed by atoms with Crippen LogP contribution >= 0.6 is 0 Å². The third-order valence-corrected chi connectivity index (χ3v) is 5.25. The molecule has 0 N–H and O–H groups in total. The van der Waals surface area contributed by atoms with E-state index in [9.17, 15) is 8.42 Å². The summed E-state index contributed by atoms with van der Waals surface area (Å²) in [7, 11) is -2.88. The zero-order valence-electron chi connectivity index (χ0n) is 14.9. The lowest BCUT2D eigenvalue weighted by atomic mass is 10.1. The Hall–Kier alpha value is -2.40. The van der Waals surface area contributed by atoms with Crippen LogP contribution in [-0.4, -0.2) is 26.3 Å². The molecular weight excluding hydrogens is 344 g/mol. The maximum absolute atomic E-state index is 11.2. The van der Waals surface area contributed by atoms with Gasteiger partial charge in [0, 0.05) is 29.6 Å². The summed E-state index contributed by atoms with van der Waals surface area (Å²) in [5.74, 6) is 1.07. The Balaban J connectivity index is 1.70. The summed E-state index contributed by atoms with van der Waals surface area (Å²) in [4.78, 5) is 4.77. The molecular formula is C21H23N2O2S. The molecule has 4 nitrogen and oxygen atoms in total. The highest BCUT2D eigenvalue weighted by molar-refractivity contribution is 7.90. The molecule has 0 amide bonds. The first-order valence-electron chi connectivity index (χ1n) is 8.85. The van der Waals surface area contributed by atoms with Gasteiger partial charge in [0.05, 0.1) is 11.4 Å². The van der Waals surface area contributed by atoms with E-state index in [1.165, 1.54) is 6.26 Å². The van der Waals surface area contributed by atoms with Crippen molar-refractivity contribution in [1.82, 2.24) is 5.32 Å². The smallest absolute Gasteiger partial charge is 0.147 e. The van der Waals surface area contributed by atoms with Crippen LogP contribution in [0.5, 0.6) is 0 Å². The fourth-order valence-corrected chi connectivity index (χ4v) is 3.65. The number of aliphatic imine (C=N–C) groups is 1. The minimum atomic E-state index is -2.88. The number of hydrogen-bond donors (Lipinski definition) is 0. The third kappa shape index (κ3) is 5.05. The maximum atomic E-state index is 11.2. The first-order chi connectivity index (χ1) is 12.5. The molecule has 2 aromatic rings. The Bertz CT molecular complexity index is 902. The number of amidine groups is 1. The monoisotopic (exact) mass is 367 g/mol. The minimum absolute atomic E-state index is 0.249. The lowest BCUT2D eigenvalue weighted by molar-refractivity contribution is 0.596. The van der Waals surface area contributed by atoms with Crippen LogP contribution in [0.3, 0.4) is 0 Å². The predicted octanol–water partition coefficient (Wildman–Crippen LogP) is 4.13. The molecule has 2 aromatic carbocycles. The van der Waals surface area contributed by atoms with Crippen molar-refractivity contribution in [2.45, 2.75) is 25.7 Å². The zero-order chi connectivity index (χ0) is 18.4. The van der Waals surface area contributed by atoms with Crippen LogP contribution < -0.4 is 5.32 Å². The van der Waals surface area contributed by atoms with Gasteiger partial charge in [-0.05, 0) is 12.8 Å². The Morgan fingerprint density at radius 3 is 1.92 bits per heavy atom. The van der Waals surface area contributed by atoms with E-state index in [4.69, 9.17) is 10.3 Å². The first kappa shape index (κ1) is 18.4. The van der Waals surface area contributed by atoms with E-state index in [0.29, 0.717) is 6.42 Å². The molecule has 0 aromatic heterocycles. The molecule has 3 rings (SSSR count). The molecule has 0 aliphatic carbocycles. The van der Waals surface area contributed by atoms with Gasteiger partial charge in [-0.2, -0.15) is 0 Å². The van der Waals surface area contributed by atoms with Crippen molar-refractivity contribution in [3.05, 3.63) is 71.8 Å². The largest absolute Gasteiger partial charge is 0.231 e. The van der Waals surface area contributed by atoms with Crippen molar-refractivity contribution in [2.75, 3.05) is 12.0 Å². The van der Waals surface area contributed by atoms with E-state index in [-0.39, 0.29) is 5.75 Å². The van der Waals surface area contributed by atoms with Crippen molar-refractivity contribution in [3.63, 3.8) is 0 Å². The number of rotatable bonds is 8. The molecule has 1 aliphatic rings. The zero-order valence-corrected chi connectivity index (χ0v) is 15.7. The summed E-state index contributed by atoms with van der Waals surface area (Å²) < 4.78 is 22.4. The number of sulfone groups is 1. The molecule has 0 unspecified atom stereocenters. The highest BCUT2D eigenvalue weighted by Crippen LogP contribution is 2.31. The van der Waals surface area contributed by atoms with E-state index >= 15 is 0 Å². The van der Waals surface area contributed by atoms with Crippen molar-refractivity contribution >= 4 is 27.1 Å². The molecule has 0 fully saturated rings. The Labute approximate surface area is 155 Å². The number of benzene rings is 2. The quantitative estimate of drug-likeness (QED) is 0.659. The van der Waals surface area contributed by atoms with Gasteiger partial charge >= 0.3 is 0 Å². The fraction of sp³-hybridized carbons (Fsp3) is 0.286. The Kier molecular flexibility index (Phi) is 5.89. The molecule has 26 heavy (non-hydrogen) atoms. The molecule has 0 bridgehead atoms. The van der Waals surface area contributed by atoms with Crippen molar-refractivity contribution in [2.24, 2.45) is 4.99 Å². The van der Waals surface area contributed by atoms with E-state index in [1.807, 2.05) is 60.7 Å². The lowest BCUT2D eigenvalue weighted by Gasteiger charge is -2.06. The molecule has 0 spiro atoms. The maximum Gasteiger partial charge on any atom is 0.147 e. The van der Waals surface area contributed by atoms with Crippen LogP contribution in [0.1, 0.15) is 36.8 Å². The fourth-order valence-electron chi connectivity index (χ4n) is 2.92. The van der Waals surface area contributed by atoms with Gasteiger partial charge in [-0.1, -0.05) is 67.1 Å². The van der Waals surface area contributed by atoms with Crippen LogP contribution in [0.25, 0.3) is 11.4 Å². The Morgan fingerprint density at radius 1 is 0.769 bits per heavy atom. The average molecular weight is 367 g/mol. The van der Waals surface area contributed by atoms with Crippen LogP contribution in [0.4, 0.5) is 0 Å². The molecule has 1 heterocycles. The topological polar surface area (TPSA) is 60.6 Å². The SMILES string of the molecule is CS(=O)(=O)CCCCCC1=NC(c2ccccc2)=C(c2ccccc2)[N]1. The van der Waals surface area contributed by atoms with Gasteiger partial charge in [0.15, 0.2) is 0 Å². The number of nitrogens with zero attached hydrogens (tertiary/aromatic N) is 2. The molecule has 1 aliphatic heterocycles. The van der Waals surface area contributed by atoms with Crippen molar-refractivity contribution in [3.8, 4) is 0 Å². The third-order valence-electron chi connectivity index (χ3n) is 4.22. The van der Waals surface area contributed by atoms with E-state index in [2.05, 4.69) is 0 Å². The summed E-state index contributed by atoms with van der Waals surface area (Å²) >= 11 is 0. The number of unbranched alkanes of at least 4 members (excludes halogenated alkanes) is 2. The molecule has 5 heteroatoms. The first-order valence-corrected chi connectivity index (χ1v) is 10.9. The molecule has 0 saturated carbocycles. The summed E-state index contributed by atoms with van der Waals surface area (Å²) in [5.41, 5.74) is 3.93. The van der Waals surface area contributed by atoms with Gasteiger partial charge in [0.2, 0.25) is 0 Å². The van der Waals surface area contributed by atoms with Gasteiger partial charge in [-0.25, -0.2) is 18.7 Å². The molecule has 135 valence electrons. The second-order valence-corrected chi connectivity index (χ2v) is 8.77. The standard InChI is InChI=1S/C21H23N2O2S/c1-26(24,25)16-10-4-9-15-19-22-20(17-11-5-2-6-12-17)21(23-19)18-13-7-3-8-14-18/h2-3,5-8,11-14H,4,9-10,15-16H2,1H3. The molecule has 1 radical (unpaired) electrons. The Morgan fingerprint density at radius 2 is 1.35 bits per heavy atom. The van der Waals surface area contributed by atoms with Gasteiger partial charge in [0.1, 0.15) is 15.7 Å². The van der Waals surface area contributed by atoms with Crippen molar-refractivity contribution < 1.29 is 8.42 Å². The van der Waals surface area contributed by atoms with Crippen LogP contribution in [-0.2, 0) is 9.84 Å². The van der Waals surface area contributed by atoms with Gasteiger partial charge < -0.3 is 0 Å². The predicted molar refractivity (Wildman–Crippen MR) is 107 cm³/mol. The summed E-state index contributed by atoms with van der Waals surface area (Å²) in [6, 6.07) is 20.2. The van der Waals surface area contributed by atoms with E-state index in [0.717, 1.165) is 47.6 Å². The van der Waals surface area contributed by atoms with Crippen LogP contribution in [0, 0.1) is 0 Å². The summed E-state index contributed by atoms with van der Waals surface area (Å²) in [6.07, 6.45) is 4.49. The number of hydrogen-bond acceptors (Lipinski definition) is 3. The van der Waals surface area contributed by atoms with Crippen LogP contribution in [0.2, 0.25) is 0 Å². The highest BCUT2D eigenvalue weighted by atomic mass is 32.2. The summed E-state index contributed by atoms with van der Waals surface area (Å²) in [6.45, 7) is 0. The van der Waals surface area contributed by atoms with Crippen molar-refractivity contribution in [1.29, 1.82) is 0 Å². The average Bonchev–Trinajstić information content (AvgIpc) is 3.06. The van der Waals surface area contributed by atoms with Gasteiger partial charge in [-0.3, -0.25) is 0 Å². The van der Waals surface area contributed by atoms with E-state index < -0.39 is 9.84 Å². The lowest BCUT2D eigenvalue weighted by Crippen LogP contribution is -2.10. The second-order valence-electron chi connectivity index (χ2n) is 6.51.